The van der Waals surface area contributed by atoms with Gasteiger partial charge in [-0.05, 0) is 61.2 Å². The van der Waals surface area contributed by atoms with Crippen LogP contribution in [0.15, 0.2) is 24.3 Å². The minimum absolute atomic E-state index is 0.136. The van der Waals surface area contributed by atoms with Gasteiger partial charge in [-0.3, -0.25) is 4.79 Å². The number of fused-ring (bicyclic) bond motifs is 1. The van der Waals surface area contributed by atoms with Crippen LogP contribution in [0.3, 0.4) is 0 Å². The Morgan fingerprint density at radius 2 is 1.58 bits per heavy atom. The SMILES string of the molecule is CCC(=O)Cc1cc(C)c(O)c(-n2nc3cc(C)c(C)cc3n2)c1. The number of aryl methyl sites for hydroxylation is 3. The van der Waals surface area contributed by atoms with Gasteiger partial charge in [0.2, 0.25) is 0 Å². The summed E-state index contributed by atoms with van der Waals surface area (Å²) in [4.78, 5) is 13.2. The maximum atomic E-state index is 11.7. The van der Waals surface area contributed by atoms with Gasteiger partial charge in [-0.15, -0.1) is 15.0 Å². The highest BCUT2D eigenvalue weighted by atomic mass is 16.3. The van der Waals surface area contributed by atoms with Gasteiger partial charge < -0.3 is 5.11 Å². The monoisotopic (exact) mass is 323 g/mol. The number of hydrogen-bond acceptors (Lipinski definition) is 4. The van der Waals surface area contributed by atoms with E-state index in [1.54, 1.807) is 6.07 Å². The summed E-state index contributed by atoms with van der Waals surface area (Å²) in [6.45, 7) is 7.73. The van der Waals surface area contributed by atoms with Gasteiger partial charge >= 0.3 is 0 Å². The van der Waals surface area contributed by atoms with E-state index < -0.39 is 0 Å². The molecule has 0 aliphatic heterocycles. The van der Waals surface area contributed by atoms with Crippen LogP contribution in [0, 0.1) is 20.8 Å². The maximum absolute atomic E-state index is 11.7. The average Bonchev–Trinajstić information content (AvgIpc) is 2.93. The molecule has 0 bridgehead atoms. The Labute approximate surface area is 140 Å². The van der Waals surface area contributed by atoms with Crippen LogP contribution < -0.4 is 0 Å². The first-order valence-electron chi connectivity index (χ1n) is 8.08. The molecule has 0 fully saturated rings. The Morgan fingerprint density at radius 1 is 1.00 bits per heavy atom. The zero-order valence-electron chi connectivity index (χ0n) is 14.4. The van der Waals surface area contributed by atoms with E-state index in [-0.39, 0.29) is 11.5 Å². The summed E-state index contributed by atoms with van der Waals surface area (Å²) in [6.07, 6.45) is 0.849. The number of carbonyl (C=O) groups excluding carboxylic acids is 1. The topological polar surface area (TPSA) is 68.0 Å². The highest BCUT2D eigenvalue weighted by Crippen LogP contribution is 2.28. The molecule has 5 heteroatoms. The van der Waals surface area contributed by atoms with Crippen LogP contribution in [0.25, 0.3) is 16.7 Å². The predicted molar refractivity (Wildman–Crippen MR) is 93.7 cm³/mol. The zero-order valence-corrected chi connectivity index (χ0v) is 14.4. The van der Waals surface area contributed by atoms with Gasteiger partial charge in [0.05, 0.1) is 0 Å². The van der Waals surface area contributed by atoms with Crippen molar-refractivity contribution in [3.8, 4) is 11.4 Å². The Bertz CT molecular complexity index is 902. The number of benzene rings is 2. The smallest absolute Gasteiger partial charge is 0.146 e. The molecular formula is C19H21N3O2. The van der Waals surface area contributed by atoms with Crippen molar-refractivity contribution in [1.82, 2.24) is 15.0 Å². The zero-order chi connectivity index (χ0) is 17.4. The molecule has 0 aliphatic rings. The maximum Gasteiger partial charge on any atom is 0.146 e. The van der Waals surface area contributed by atoms with Gasteiger partial charge in [0, 0.05) is 12.8 Å². The minimum atomic E-state index is 0.136. The number of ketones is 1. The Morgan fingerprint density at radius 3 is 2.12 bits per heavy atom. The second kappa shape index (κ2) is 6.07. The molecule has 1 N–H and O–H groups in total. The first kappa shape index (κ1) is 16.2. The predicted octanol–water partition coefficient (Wildman–Crippen LogP) is 3.57. The molecule has 3 aromatic rings. The normalized spacial score (nSPS) is 11.2. The summed E-state index contributed by atoms with van der Waals surface area (Å²) >= 11 is 0. The largest absolute Gasteiger partial charge is 0.505 e. The number of aromatic nitrogens is 3. The number of phenolic OH excluding ortho intramolecular Hbond substituents is 1. The van der Waals surface area contributed by atoms with E-state index in [9.17, 15) is 9.90 Å². The van der Waals surface area contributed by atoms with Crippen LogP contribution in [-0.4, -0.2) is 25.9 Å². The molecule has 1 aromatic heterocycles. The first-order valence-corrected chi connectivity index (χ1v) is 8.08. The van der Waals surface area contributed by atoms with Gasteiger partial charge in [-0.25, -0.2) is 0 Å². The van der Waals surface area contributed by atoms with Crippen LogP contribution in [0.1, 0.15) is 35.6 Å². The van der Waals surface area contributed by atoms with Crippen LogP contribution >= 0.6 is 0 Å². The van der Waals surface area contributed by atoms with Crippen molar-refractivity contribution in [2.24, 2.45) is 0 Å². The standard InChI is InChI=1S/C19H21N3O2/c1-5-15(23)9-14-6-13(4)19(24)18(10-14)22-20-16-7-11(2)12(3)8-17(16)21-22/h6-8,10,24H,5,9H2,1-4H3. The molecule has 0 saturated heterocycles. The van der Waals surface area contributed by atoms with Crippen molar-refractivity contribution in [1.29, 1.82) is 0 Å². The van der Waals surface area contributed by atoms with Crippen molar-refractivity contribution in [2.75, 3.05) is 0 Å². The number of rotatable bonds is 4. The minimum Gasteiger partial charge on any atom is -0.505 e. The Kier molecular flexibility index (Phi) is 4.09. The molecule has 0 spiro atoms. The van der Waals surface area contributed by atoms with Crippen molar-refractivity contribution < 1.29 is 9.90 Å². The summed E-state index contributed by atoms with van der Waals surface area (Å²) in [5.74, 6) is 0.298. The third-order valence-corrected chi connectivity index (χ3v) is 4.35. The number of carbonyl (C=O) groups is 1. The Balaban J connectivity index is 2.12. The van der Waals surface area contributed by atoms with Gasteiger partial charge in [-0.2, -0.15) is 0 Å². The molecule has 0 unspecified atom stereocenters. The molecule has 0 aliphatic carbocycles. The second-order valence-corrected chi connectivity index (χ2v) is 6.26. The lowest BCUT2D eigenvalue weighted by Crippen LogP contribution is -2.05. The van der Waals surface area contributed by atoms with E-state index in [2.05, 4.69) is 10.2 Å². The van der Waals surface area contributed by atoms with Crippen molar-refractivity contribution in [2.45, 2.75) is 40.5 Å². The molecule has 0 amide bonds. The lowest BCUT2D eigenvalue weighted by atomic mass is 10.0. The lowest BCUT2D eigenvalue weighted by Gasteiger charge is -2.09. The third-order valence-electron chi connectivity index (χ3n) is 4.35. The van der Waals surface area contributed by atoms with Gasteiger partial charge in [0.1, 0.15) is 28.3 Å². The van der Waals surface area contributed by atoms with Crippen LogP contribution in [0.2, 0.25) is 0 Å². The summed E-state index contributed by atoms with van der Waals surface area (Å²) in [5, 5.41) is 19.4. The molecular weight excluding hydrogens is 302 g/mol. The molecule has 0 radical (unpaired) electrons. The summed E-state index contributed by atoms with van der Waals surface area (Å²) in [7, 11) is 0. The fourth-order valence-electron chi connectivity index (χ4n) is 2.72. The van der Waals surface area contributed by atoms with Gasteiger partial charge in [0.25, 0.3) is 0 Å². The highest BCUT2D eigenvalue weighted by Gasteiger charge is 2.14. The quantitative estimate of drug-likeness (QED) is 0.797. The molecule has 124 valence electrons. The van der Waals surface area contributed by atoms with E-state index in [0.29, 0.717) is 24.1 Å². The number of nitrogens with zero attached hydrogens (tertiary/aromatic N) is 3. The summed E-state index contributed by atoms with van der Waals surface area (Å²) in [5.41, 5.74) is 5.94. The van der Waals surface area contributed by atoms with E-state index in [1.165, 1.54) is 4.80 Å². The first-order chi connectivity index (χ1) is 11.4. The molecule has 0 atom stereocenters. The highest BCUT2D eigenvalue weighted by molar-refractivity contribution is 5.81. The molecule has 0 saturated carbocycles. The van der Waals surface area contributed by atoms with Crippen molar-refractivity contribution in [3.63, 3.8) is 0 Å². The van der Waals surface area contributed by atoms with Crippen LogP contribution in [-0.2, 0) is 11.2 Å². The molecule has 2 aromatic carbocycles. The fraction of sp³-hybridized carbons (Fsp3) is 0.316. The van der Waals surface area contributed by atoms with Crippen molar-refractivity contribution >= 4 is 16.8 Å². The van der Waals surface area contributed by atoms with Crippen LogP contribution in [0.5, 0.6) is 5.75 Å². The van der Waals surface area contributed by atoms with Gasteiger partial charge in [0.15, 0.2) is 0 Å². The number of hydrogen-bond donors (Lipinski definition) is 1. The molecule has 5 nitrogen and oxygen atoms in total. The van der Waals surface area contributed by atoms with E-state index in [1.807, 2.05) is 45.9 Å². The third kappa shape index (κ3) is 2.89. The van der Waals surface area contributed by atoms with E-state index in [4.69, 9.17) is 0 Å². The molecule has 3 rings (SSSR count). The summed E-state index contributed by atoms with van der Waals surface area (Å²) < 4.78 is 0. The molecule has 1 heterocycles. The average molecular weight is 323 g/mol. The van der Waals surface area contributed by atoms with E-state index >= 15 is 0 Å². The van der Waals surface area contributed by atoms with E-state index in [0.717, 1.165) is 27.7 Å². The van der Waals surface area contributed by atoms with Crippen LogP contribution in [0.4, 0.5) is 0 Å². The number of aromatic hydroxyl groups is 1. The lowest BCUT2D eigenvalue weighted by molar-refractivity contribution is -0.118. The second-order valence-electron chi connectivity index (χ2n) is 6.26. The summed E-state index contributed by atoms with van der Waals surface area (Å²) in [6, 6.07) is 7.60. The number of phenols is 1. The van der Waals surface area contributed by atoms with Crippen molar-refractivity contribution in [3.05, 3.63) is 46.5 Å². The van der Waals surface area contributed by atoms with Gasteiger partial charge in [-0.1, -0.05) is 13.0 Å². The number of Topliss-reactive ketones (excluding diaryl/α,β-unsaturated/α-hetero) is 1. The fourth-order valence-corrected chi connectivity index (χ4v) is 2.72. The molecule has 24 heavy (non-hydrogen) atoms. The Hall–Kier alpha value is -2.69.